The van der Waals surface area contributed by atoms with E-state index in [0.717, 1.165) is 25.3 Å². The van der Waals surface area contributed by atoms with Crippen molar-refractivity contribution in [2.75, 3.05) is 13.2 Å². The van der Waals surface area contributed by atoms with E-state index in [1.54, 1.807) is 0 Å². The van der Waals surface area contributed by atoms with E-state index in [1.165, 1.54) is 5.56 Å². The summed E-state index contributed by atoms with van der Waals surface area (Å²) in [6, 6.07) is 10.9. The van der Waals surface area contributed by atoms with E-state index in [2.05, 4.69) is 55.6 Å². The molecule has 1 aromatic carbocycles. The molecule has 0 saturated carbocycles. The van der Waals surface area contributed by atoms with E-state index >= 15 is 0 Å². The van der Waals surface area contributed by atoms with E-state index in [0.29, 0.717) is 12.0 Å². The van der Waals surface area contributed by atoms with Gasteiger partial charge in [0.05, 0.1) is 12.6 Å². The van der Waals surface area contributed by atoms with Crippen LogP contribution in [0.1, 0.15) is 31.7 Å². The second-order valence-corrected chi connectivity index (χ2v) is 4.48. The van der Waals surface area contributed by atoms with Gasteiger partial charge in [0.2, 0.25) is 0 Å². The van der Waals surface area contributed by atoms with Gasteiger partial charge in [0.15, 0.2) is 0 Å². The van der Waals surface area contributed by atoms with E-state index in [4.69, 9.17) is 4.74 Å². The molecule has 1 aromatic rings. The second-order valence-electron chi connectivity index (χ2n) is 4.48. The highest BCUT2D eigenvalue weighted by Gasteiger charge is 2.24. The molecule has 0 amide bonds. The average molecular weight is 231 g/mol. The molecule has 1 N–H and O–H groups in total. The molecule has 2 heteroatoms. The number of hydrogen-bond acceptors (Lipinski definition) is 2. The lowest BCUT2D eigenvalue weighted by atomic mass is 9.92. The second kappa shape index (κ2) is 5.87. The molecule has 0 radical (unpaired) electrons. The normalized spacial score (nSPS) is 18.4. The number of hydrogen-bond donors (Lipinski definition) is 1. The lowest BCUT2D eigenvalue weighted by Gasteiger charge is -2.26. The highest BCUT2D eigenvalue weighted by Crippen LogP contribution is 2.26. The van der Waals surface area contributed by atoms with Gasteiger partial charge in [0, 0.05) is 12.3 Å². The third-order valence-corrected chi connectivity index (χ3v) is 3.29. The minimum Gasteiger partial charge on any atom is -0.496 e. The molecule has 0 bridgehead atoms. The van der Waals surface area contributed by atoms with Crippen molar-refractivity contribution in [1.29, 1.82) is 0 Å². The zero-order chi connectivity index (χ0) is 12.1. The SMILES string of the molecule is CCNC(C1=CCCO1)C(C)c1ccccc1. The molecule has 2 rings (SSSR count). The van der Waals surface area contributed by atoms with Crippen molar-refractivity contribution in [3.8, 4) is 0 Å². The van der Waals surface area contributed by atoms with Gasteiger partial charge in [-0.25, -0.2) is 0 Å². The Hall–Kier alpha value is -1.28. The maximum atomic E-state index is 5.71. The zero-order valence-corrected chi connectivity index (χ0v) is 10.6. The molecular formula is C15H21NO. The van der Waals surface area contributed by atoms with Crippen LogP contribution in [0.3, 0.4) is 0 Å². The fourth-order valence-electron chi connectivity index (χ4n) is 2.35. The molecule has 92 valence electrons. The smallest absolute Gasteiger partial charge is 0.110 e. The van der Waals surface area contributed by atoms with Gasteiger partial charge in [-0.1, -0.05) is 44.2 Å². The Morgan fingerprint density at radius 1 is 1.29 bits per heavy atom. The Labute approximate surface area is 104 Å². The van der Waals surface area contributed by atoms with Crippen LogP contribution in [0.25, 0.3) is 0 Å². The Morgan fingerprint density at radius 2 is 2.06 bits per heavy atom. The number of rotatable bonds is 5. The van der Waals surface area contributed by atoms with Gasteiger partial charge in [0.25, 0.3) is 0 Å². The van der Waals surface area contributed by atoms with Gasteiger partial charge in [-0.3, -0.25) is 0 Å². The summed E-state index contributed by atoms with van der Waals surface area (Å²) in [6.07, 6.45) is 3.26. The van der Waals surface area contributed by atoms with Gasteiger partial charge >= 0.3 is 0 Å². The van der Waals surface area contributed by atoms with E-state index < -0.39 is 0 Å². The molecule has 17 heavy (non-hydrogen) atoms. The average Bonchev–Trinajstić information content (AvgIpc) is 2.90. The predicted octanol–water partition coefficient (Wildman–Crippen LogP) is 3.07. The van der Waals surface area contributed by atoms with Crippen LogP contribution >= 0.6 is 0 Å². The zero-order valence-electron chi connectivity index (χ0n) is 10.6. The summed E-state index contributed by atoms with van der Waals surface area (Å²) < 4.78 is 5.71. The Balaban J connectivity index is 2.15. The summed E-state index contributed by atoms with van der Waals surface area (Å²) in [5.41, 5.74) is 1.36. The Kier molecular flexibility index (Phi) is 4.21. The van der Waals surface area contributed by atoms with Crippen LogP contribution in [-0.2, 0) is 4.74 Å². The van der Waals surface area contributed by atoms with Crippen LogP contribution in [0.2, 0.25) is 0 Å². The first-order chi connectivity index (χ1) is 8.33. The first kappa shape index (κ1) is 12.2. The van der Waals surface area contributed by atoms with E-state index in [-0.39, 0.29) is 0 Å². The first-order valence-electron chi connectivity index (χ1n) is 6.44. The lowest BCUT2D eigenvalue weighted by molar-refractivity contribution is 0.208. The van der Waals surface area contributed by atoms with Gasteiger partial charge in [-0.15, -0.1) is 0 Å². The van der Waals surface area contributed by atoms with Gasteiger partial charge < -0.3 is 10.1 Å². The fraction of sp³-hybridized carbons (Fsp3) is 0.467. The first-order valence-corrected chi connectivity index (χ1v) is 6.44. The third kappa shape index (κ3) is 2.89. The molecule has 0 fully saturated rings. The molecular weight excluding hydrogens is 210 g/mol. The molecule has 0 aromatic heterocycles. The van der Waals surface area contributed by atoms with Crippen LogP contribution in [0.5, 0.6) is 0 Å². The predicted molar refractivity (Wildman–Crippen MR) is 71.0 cm³/mol. The summed E-state index contributed by atoms with van der Waals surface area (Å²) in [5, 5.41) is 3.53. The highest BCUT2D eigenvalue weighted by molar-refractivity contribution is 5.24. The van der Waals surface area contributed by atoms with E-state index in [1.807, 2.05) is 0 Å². The van der Waals surface area contributed by atoms with Crippen molar-refractivity contribution in [2.24, 2.45) is 0 Å². The summed E-state index contributed by atoms with van der Waals surface area (Å²) in [6.45, 7) is 6.19. The van der Waals surface area contributed by atoms with Crippen LogP contribution in [0.4, 0.5) is 0 Å². The van der Waals surface area contributed by atoms with E-state index in [9.17, 15) is 0 Å². The van der Waals surface area contributed by atoms with Crippen molar-refractivity contribution in [2.45, 2.75) is 32.2 Å². The molecule has 1 aliphatic rings. The Morgan fingerprint density at radius 3 is 2.65 bits per heavy atom. The summed E-state index contributed by atoms with van der Waals surface area (Å²) >= 11 is 0. The van der Waals surface area contributed by atoms with Crippen LogP contribution in [0.15, 0.2) is 42.2 Å². The largest absolute Gasteiger partial charge is 0.496 e. The highest BCUT2D eigenvalue weighted by atomic mass is 16.5. The fourth-order valence-corrected chi connectivity index (χ4v) is 2.35. The number of ether oxygens (including phenoxy) is 1. The maximum Gasteiger partial charge on any atom is 0.110 e. The summed E-state index contributed by atoms with van der Waals surface area (Å²) in [4.78, 5) is 0. The quantitative estimate of drug-likeness (QED) is 0.841. The number of likely N-dealkylation sites (N-methyl/N-ethyl adjacent to an activating group) is 1. The van der Waals surface area contributed by atoms with Crippen molar-refractivity contribution in [3.63, 3.8) is 0 Å². The van der Waals surface area contributed by atoms with Crippen LogP contribution < -0.4 is 5.32 Å². The topological polar surface area (TPSA) is 21.3 Å². The molecule has 2 unspecified atom stereocenters. The standard InChI is InChI=1S/C15H21NO/c1-3-16-15(14-10-7-11-17-14)12(2)13-8-5-4-6-9-13/h4-6,8-10,12,15-16H,3,7,11H2,1-2H3. The third-order valence-electron chi connectivity index (χ3n) is 3.29. The molecule has 0 spiro atoms. The van der Waals surface area contributed by atoms with Crippen molar-refractivity contribution < 1.29 is 4.74 Å². The molecule has 1 heterocycles. The lowest BCUT2D eigenvalue weighted by Crippen LogP contribution is -2.35. The Bertz CT molecular complexity index is 372. The van der Waals surface area contributed by atoms with Gasteiger partial charge in [0.1, 0.15) is 5.76 Å². The van der Waals surface area contributed by atoms with Crippen molar-refractivity contribution >= 4 is 0 Å². The summed E-state index contributed by atoms with van der Waals surface area (Å²) in [7, 11) is 0. The van der Waals surface area contributed by atoms with Crippen molar-refractivity contribution in [1.82, 2.24) is 5.32 Å². The summed E-state index contributed by atoms with van der Waals surface area (Å²) in [5.74, 6) is 1.55. The van der Waals surface area contributed by atoms with Crippen LogP contribution in [0, 0.1) is 0 Å². The monoisotopic (exact) mass is 231 g/mol. The molecule has 2 atom stereocenters. The van der Waals surface area contributed by atoms with Gasteiger partial charge in [-0.05, 0) is 18.2 Å². The molecule has 0 saturated heterocycles. The number of benzene rings is 1. The van der Waals surface area contributed by atoms with Crippen LogP contribution in [-0.4, -0.2) is 19.2 Å². The molecule has 2 nitrogen and oxygen atoms in total. The minimum atomic E-state index is 0.296. The number of nitrogens with one attached hydrogen (secondary N) is 1. The maximum absolute atomic E-state index is 5.71. The molecule has 0 aliphatic carbocycles. The minimum absolute atomic E-state index is 0.296. The van der Waals surface area contributed by atoms with Crippen molar-refractivity contribution in [3.05, 3.63) is 47.7 Å². The van der Waals surface area contributed by atoms with Gasteiger partial charge in [-0.2, -0.15) is 0 Å². The molecule has 1 aliphatic heterocycles.